The maximum atomic E-state index is 12.7. The number of thiazole rings is 1. The van der Waals surface area contributed by atoms with E-state index in [1.807, 2.05) is 23.7 Å². The van der Waals surface area contributed by atoms with E-state index in [1.54, 1.807) is 22.7 Å². The van der Waals surface area contributed by atoms with E-state index in [4.69, 9.17) is 0 Å². The molecule has 0 fully saturated rings. The normalized spacial score (nSPS) is 19.8. The fourth-order valence-electron chi connectivity index (χ4n) is 3.33. The molecule has 2 N–H and O–H groups in total. The van der Waals surface area contributed by atoms with Crippen LogP contribution in [0.25, 0.3) is 4.96 Å². The van der Waals surface area contributed by atoms with Crippen LogP contribution in [0.4, 0.5) is 0 Å². The Kier molecular flexibility index (Phi) is 3.38. The maximum absolute atomic E-state index is 12.7. The molecule has 0 aliphatic heterocycles. The molecule has 1 atom stereocenters. The van der Waals surface area contributed by atoms with Gasteiger partial charge < -0.3 is 10.4 Å². The van der Waals surface area contributed by atoms with E-state index < -0.39 is 17.4 Å². The zero-order valence-corrected chi connectivity index (χ0v) is 13.5. The summed E-state index contributed by atoms with van der Waals surface area (Å²) >= 11 is 1.42. The van der Waals surface area contributed by atoms with E-state index >= 15 is 0 Å². The number of nitrogens with one attached hydrogen (secondary N) is 1. The molecule has 0 spiro atoms. The van der Waals surface area contributed by atoms with Gasteiger partial charge in [0.1, 0.15) is 5.69 Å². The molecule has 6 nitrogen and oxygen atoms in total. The SMILES string of the molecule is O=C(NC1(C(=O)O)CCCc2ccccc21)c1cn2ccsc2n1. The fraction of sp³-hybridized carbons (Fsp3) is 0.235. The number of amides is 1. The van der Waals surface area contributed by atoms with Crippen LogP contribution in [0, 0.1) is 0 Å². The Hall–Kier alpha value is -2.67. The summed E-state index contributed by atoms with van der Waals surface area (Å²) in [5.74, 6) is -1.51. The van der Waals surface area contributed by atoms with Crippen molar-refractivity contribution in [2.45, 2.75) is 24.8 Å². The number of carbonyl (C=O) groups is 2. The van der Waals surface area contributed by atoms with Crippen molar-refractivity contribution in [2.75, 3.05) is 0 Å². The van der Waals surface area contributed by atoms with Crippen LogP contribution >= 0.6 is 11.3 Å². The highest BCUT2D eigenvalue weighted by molar-refractivity contribution is 7.15. The van der Waals surface area contributed by atoms with Crippen LogP contribution in [0.1, 0.15) is 34.5 Å². The number of aromatic nitrogens is 2. The minimum absolute atomic E-state index is 0.227. The summed E-state index contributed by atoms with van der Waals surface area (Å²) in [6, 6.07) is 7.41. The van der Waals surface area contributed by atoms with Crippen LogP contribution in [0.5, 0.6) is 0 Å². The molecule has 122 valence electrons. The van der Waals surface area contributed by atoms with Gasteiger partial charge in [-0.1, -0.05) is 24.3 Å². The van der Waals surface area contributed by atoms with Gasteiger partial charge in [-0.3, -0.25) is 9.20 Å². The second kappa shape index (κ2) is 5.45. The highest BCUT2D eigenvalue weighted by Gasteiger charge is 2.45. The van der Waals surface area contributed by atoms with E-state index in [-0.39, 0.29) is 5.69 Å². The Morgan fingerprint density at radius 3 is 2.96 bits per heavy atom. The first kappa shape index (κ1) is 14.9. The topological polar surface area (TPSA) is 83.7 Å². The van der Waals surface area contributed by atoms with Crippen molar-refractivity contribution < 1.29 is 14.7 Å². The highest BCUT2D eigenvalue weighted by Crippen LogP contribution is 2.36. The predicted molar refractivity (Wildman–Crippen MR) is 89.2 cm³/mol. The predicted octanol–water partition coefficient (Wildman–Crippen LogP) is 2.44. The Morgan fingerprint density at radius 2 is 2.17 bits per heavy atom. The molecule has 24 heavy (non-hydrogen) atoms. The second-order valence-electron chi connectivity index (χ2n) is 5.89. The number of aryl methyl sites for hydroxylation is 1. The van der Waals surface area contributed by atoms with Crippen molar-refractivity contribution in [1.82, 2.24) is 14.7 Å². The van der Waals surface area contributed by atoms with Crippen molar-refractivity contribution in [3.63, 3.8) is 0 Å². The molecule has 1 unspecified atom stereocenters. The van der Waals surface area contributed by atoms with Gasteiger partial charge >= 0.3 is 5.97 Å². The average Bonchev–Trinajstić information content (AvgIpc) is 3.16. The number of rotatable bonds is 3. The average molecular weight is 341 g/mol. The molecular weight excluding hydrogens is 326 g/mol. The van der Waals surface area contributed by atoms with Crippen molar-refractivity contribution in [3.8, 4) is 0 Å². The van der Waals surface area contributed by atoms with Crippen LogP contribution in [0.3, 0.4) is 0 Å². The van der Waals surface area contributed by atoms with E-state index in [2.05, 4.69) is 10.3 Å². The zero-order valence-electron chi connectivity index (χ0n) is 12.7. The first-order valence-corrected chi connectivity index (χ1v) is 8.55. The third kappa shape index (κ3) is 2.20. The number of aliphatic carboxylic acids is 1. The number of carboxylic acids is 1. The lowest BCUT2D eigenvalue weighted by molar-refractivity contribution is -0.145. The molecule has 1 amide bonds. The van der Waals surface area contributed by atoms with Gasteiger partial charge in [-0.15, -0.1) is 11.3 Å². The second-order valence-corrected chi connectivity index (χ2v) is 6.77. The van der Waals surface area contributed by atoms with E-state index in [0.29, 0.717) is 23.4 Å². The largest absolute Gasteiger partial charge is 0.479 e. The lowest BCUT2D eigenvalue weighted by atomic mass is 9.76. The number of hydrogen-bond donors (Lipinski definition) is 2. The molecular formula is C17H15N3O3S. The first-order valence-electron chi connectivity index (χ1n) is 7.67. The molecule has 0 saturated carbocycles. The van der Waals surface area contributed by atoms with Crippen LogP contribution in [-0.4, -0.2) is 26.4 Å². The number of carboxylic acid groups (broad SMARTS) is 1. The van der Waals surface area contributed by atoms with Gasteiger partial charge in [0, 0.05) is 17.8 Å². The minimum Gasteiger partial charge on any atom is -0.479 e. The lowest BCUT2D eigenvalue weighted by Crippen LogP contribution is -2.53. The molecule has 2 heterocycles. The van der Waals surface area contributed by atoms with Gasteiger partial charge in [0.15, 0.2) is 10.5 Å². The van der Waals surface area contributed by atoms with Crippen LogP contribution in [-0.2, 0) is 16.8 Å². The van der Waals surface area contributed by atoms with Crippen molar-refractivity contribution in [2.24, 2.45) is 0 Å². The van der Waals surface area contributed by atoms with Gasteiger partial charge in [0.05, 0.1) is 0 Å². The van der Waals surface area contributed by atoms with Gasteiger partial charge in [-0.2, -0.15) is 0 Å². The number of imidazole rings is 1. The molecule has 1 aromatic carbocycles. The smallest absolute Gasteiger partial charge is 0.334 e. The number of carbonyl (C=O) groups excluding carboxylic acids is 1. The van der Waals surface area contributed by atoms with Crippen molar-refractivity contribution in [3.05, 3.63) is 58.9 Å². The standard InChI is InChI=1S/C17H15N3O3S/c21-14(13-10-20-8-9-24-16(20)18-13)19-17(15(22)23)7-3-5-11-4-1-2-6-12(11)17/h1-2,4,6,8-10H,3,5,7H2,(H,19,21)(H,22,23). The molecule has 3 aromatic rings. The maximum Gasteiger partial charge on any atom is 0.334 e. The van der Waals surface area contributed by atoms with E-state index in [9.17, 15) is 14.7 Å². The van der Waals surface area contributed by atoms with Gasteiger partial charge in [-0.05, 0) is 30.4 Å². The Balaban J connectivity index is 1.73. The Morgan fingerprint density at radius 1 is 1.33 bits per heavy atom. The number of benzene rings is 1. The number of hydrogen-bond acceptors (Lipinski definition) is 4. The summed E-state index contributed by atoms with van der Waals surface area (Å²) in [6.45, 7) is 0. The van der Waals surface area contributed by atoms with Crippen molar-refractivity contribution in [1.29, 1.82) is 0 Å². The molecule has 0 saturated heterocycles. The monoisotopic (exact) mass is 341 g/mol. The number of nitrogens with zero attached hydrogens (tertiary/aromatic N) is 2. The van der Waals surface area contributed by atoms with Crippen LogP contribution in [0.2, 0.25) is 0 Å². The van der Waals surface area contributed by atoms with Crippen LogP contribution < -0.4 is 5.32 Å². The highest BCUT2D eigenvalue weighted by atomic mass is 32.1. The summed E-state index contributed by atoms with van der Waals surface area (Å²) in [6.07, 6.45) is 5.33. The molecule has 7 heteroatoms. The number of fused-ring (bicyclic) bond motifs is 2. The van der Waals surface area contributed by atoms with Crippen LogP contribution in [0.15, 0.2) is 42.0 Å². The molecule has 0 bridgehead atoms. The summed E-state index contributed by atoms with van der Waals surface area (Å²) in [7, 11) is 0. The molecule has 1 aliphatic rings. The van der Waals surface area contributed by atoms with Gasteiger partial charge in [-0.25, -0.2) is 9.78 Å². The third-order valence-corrected chi connectivity index (χ3v) is 5.26. The lowest BCUT2D eigenvalue weighted by Gasteiger charge is -2.36. The molecule has 2 aromatic heterocycles. The first-order chi connectivity index (χ1) is 11.6. The third-order valence-electron chi connectivity index (χ3n) is 4.49. The molecule has 0 radical (unpaired) electrons. The quantitative estimate of drug-likeness (QED) is 0.766. The Bertz CT molecular complexity index is 917. The fourth-order valence-corrected chi connectivity index (χ4v) is 4.03. The van der Waals surface area contributed by atoms with Gasteiger partial charge in [0.2, 0.25) is 0 Å². The van der Waals surface area contributed by atoms with E-state index in [0.717, 1.165) is 12.0 Å². The summed E-state index contributed by atoms with van der Waals surface area (Å²) in [5.41, 5.74) is 0.462. The van der Waals surface area contributed by atoms with Crippen molar-refractivity contribution >= 4 is 28.2 Å². The van der Waals surface area contributed by atoms with E-state index in [1.165, 1.54) is 11.3 Å². The molecule has 4 rings (SSSR count). The zero-order chi connectivity index (χ0) is 16.7. The van der Waals surface area contributed by atoms with Gasteiger partial charge in [0.25, 0.3) is 5.91 Å². The molecule has 1 aliphatic carbocycles. The summed E-state index contributed by atoms with van der Waals surface area (Å²) in [4.78, 5) is 29.7. The summed E-state index contributed by atoms with van der Waals surface area (Å²) in [5, 5.41) is 14.5. The minimum atomic E-state index is -1.40. The Labute approximate surface area is 141 Å². The summed E-state index contributed by atoms with van der Waals surface area (Å²) < 4.78 is 1.75.